The van der Waals surface area contributed by atoms with Crippen LogP contribution in [0.15, 0.2) is 229 Å². The number of aromatic nitrogens is 2. The molecular weight excluding hydrogens is 861 g/mol. The van der Waals surface area contributed by atoms with Crippen LogP contribution in [0.4, 0.5) is 0 Å². The van der Waals surface area contributed by atoms with Gasteiger partial charge in [-0.1, -0.05) is 149 Å². The number of halogens is 1. The van der Waals surface area contributed by atoms with Gasteiger partial charge in [0.15, 0.2) is 0 Å². The molecule has 0 aliphatic heterocycles. The Morgan fingerprint density at radius 3 is 1.64 bits per heavy atom. The molecule has 0 saturated carbocycles. The molecule has 0 fully saturated rings. The van der Waals surface area contributed by atoms with Crippen LogP contribution in [0.3, 0.4) is 0 Å². The molecule has 0 radical (unpaired) electrons. The summed E-state index contributed by atoms with van der Waals surface area (Å²) in [5, 5.41) is 7.55. The molecule has 300 valence electrons. The number of para-hydroxylation sites is 2. The lowest BCUT2D eigenvalue weighted by Gasteiger charge is -2.14. The van der Waals surface area contributed by atoms with Crippen LogP contribution in [-0.2, 0) is 0 Å². The van der Waals surface area contributed by atoms with Crippen molar-refractivity contribution in [2.45, 2.75) is 0 Å². The predicted molar refractivity (Wildman–Crippen MR) is 277 cm³/mol. The molecule has 13 aromatic rings. The molecule has 0 aliphatic carbocycles. The Bertz CT molecular complexity index is 3970. The second kappa shape index (κ2) is 14.8. The molecule has 0 spiro atoms. The van der Waals surface area contributed by atoms with E-state index in [0.717, 1.165) is 21.3 Å². The maximum atomic E-state index is 3.91. The molecule has 10 aromatic carbocycles. The highest BCUT2D eigenvalue weighted by atomic mass is 79.9. The highest BCUT2D eigenvalue weighted by molar-refractivity contribution is 9.10. The van der Waals surface area contributed by atoms with Crippen molar-refractivity contribution < 1.29 is 0 Å². The second-order valence-corrected chi connectivity index (χ2v) is 18.6. The summed E-state index contributed by atoms with van der Waals surface area (Å²) in [6.07, 6.45) is 0. The zero-order valence-electron chi connectivity index (χ0n) is 34.5. The predicted octanol–water partition coefficient (Wildman–Crippen LogP) is 17.7. The fourth-order valence-electron chi connectivity index (χ4n) is 10.0. The van der Waals surface area contributed by atoms with Crippen LogP contribution < -0.4 is 0 Å². The lowest BCUT2D eigenvalue weighted by Crippen LogP contribution is -1.94. The van der Waals surface area contributed by atoms with Crippen LogP contribution >= 0.6 is 27.3 Å². The Hall–Kier alpha value is -7.50. The molecule has 0 unspecified atom stereocenters. The van der Waals surface area contributed by atoms with Crippen molar-refractivity contribution in [3.8, 4) is 55.9 Å². The third-order valence-electron chi connectivity index (χ3n) is 13.0. The molecule has 0 amide bonds. The molecule has 0 aliphatic rings. The van der Waals surface area contributed by atoms with Crippen molar-refractivity contribution in [3.63, 3.8) is 0 Å². The fraction of sp³-hybridized carbons (Fsp3) is 0. The van der Waals surface area contributed by atoms with Gasteiger partial charge in [-0.05, 0) is 136 Å². The molecule has 13 rings (SSSR count). The third kappa shape index (κ3) is 5.91. The standard InChI is InChI=1S/C60H37BrN2S/c61-52-21-10-7-18-46(52)44-33-42(39-27-30-54-51(36-39)48-29-26-41(38-14-3-1-4-15-38)37-57(48)62(54)45-16-5-2-6-17-45)32-43(34-44)40-28-31-55-50(35-40)47-19-8-11-22-53(47)63(55)56-23-13-25-59-60(56)49-20-9-12-24-58(49)64-59/h1-37H. The lowest BCUT2D eigenvalue weighted by atomic mass is 9.92. The van der Waals surface area contributed by atoms with E-state index >= 15 is 0 Å². The minimum Gasteiger partial charge on any atom is -0.309 e. The topological polar surface area (TPSA) is 9.86 Å². The summed E-state index contributed by atoms with van der Waals surface area (Å²) in [4.78, 5) is 0. The van der Waals surface area contributed by atoms with E-state index in [9.17, 15) is 0 Å². The van der Waals surface area contributed by atoms with E-state index in [0.29, 0.717) is 0 Å². The van der Waals surface area contributed by atoms with Gasteiger partial charge >= 0.3 is 0 Å². The van der Waals surface area contributed by atoms with Gasteiger partial charge in [-0.3, -0.25) is 0 Å². The van der Waals surface area contributed by atoms with E-state index < -0.39 is 0 Å². The van der Waals surface area contributed by atoms with Gasteiger partial charge < -0.3 is 9.13 Å². The summed E-state index contributed by atoms with van der Waals surface area (Å²) >= 11 is 5.78. The number of hydrogen-bond donors (Lipinski definition) is 0. The van der Waals surface area contributed by atoms with Crippen LogP contribution in [0.5, 0.6) is 0 Å². The maximum absolute atomic E-state index is 3.91. The van der Waals surface area contributed by atoms with Crippen molar-refractivity contribution >= 4 is 91.1 Å². The van der Waals surface area contributed by atoms with Gasteiger partial charge in [0.25, 0.3) is 0 Å². The molecule has 3 aromatic heterocycles. The van der Waals surface area contributed by atoms with Crippen molar-refractivity contribution in [1.82, 2.24) is 9.13 Å². The van der Waals surface area contributed by atoms with Gasteiger partial charge in [0.1, 0.15) is 0 Å². The lowest BCUT2D eigenvalue weighted by molar-refractivity contribution is 1.18. The summed E-state index contributed by atoms with van der Waals surface area (Å²) in [6, 6.07) is 82.4. The second-order valence-electron chi connectivity index (χ2n) is 16.6. The molecule has 64 heavy (non-hydrogen) atoms. The first-order valence-corrected chi connectivity index (χ1v) is 23.3. The number of nitrogens with zero attached hydrogens (tertiary/aromatic N) is 2. The average molecular weight is 898 g/mol. The van der Waals surface area contributed by atoms with Crippen molar-refractivity contribution in [3.05, 3.63) is 229 Å². The van der Waals surface area contributed by atoms with Crippen molar-refractivity contribution in [1.29, 1.82) is 0 Å². The van der Waals surface area contributed by atoms with Gasteiger partial charge in [0.2, 0.25) is 0 Å². The molecule has 0 atom stereocenters. The first-order chi connectivity index (χ1) is 31.6. The highest BCUT2D eigenvalue weighted by Crippen LogP contribution is 2.44. The molecule has 0 bridgehead atoms. The Balaban J connectivity index is 1.01. The minimum absolute atomic E-state index is 1.07. The normalized spacial score (nSPS) is 11.8. The maximum Gasteiger partial charge on any atom is 0.0555 e. The Kier molecular flexibility index (Phi) is 8.58. The Labute approximate surface area is 382 Å². The van der Waals surface area contributed by atoms with E-state index in [1.54, 1.807) is 0 Å². The zero-order valence-corrected chi connectivity index (χ0v) is 36.9. The van der Waals surface area contributed by atoms with Gasteiger partial charge in [-0.2, -0.15) is 0 Å². The number of rotatable bonds is 6. The van der Waals surface area contributed by atoms with Crippen LogP contribution in [0, 0.1) is 0 Å². The largest absolute Gasteiger partial charge is 0.309 e. The molecule has 3 heterocycles. The van der Waals surface area contributed by atoms with E-state index in [2.05, 4.69) is 250 Å². The summed E-state index contributed by atoms with van der Waals surface area (Å²) in [5.74, 6) is 0. The van der Waals surface area contributed by atoms with Gasteiger partial charge in [0.05, 0.1) is 27.8 Å². The quantitative estimate of drug-likeness (QED) is 0.157. The number of hydrogen-bond acceptors (Lipinski definition) is 1. The average Bonchev–Trinajstić information content (AvgIpc) is 4.01. The molecule has 2 nitrogen and oxygen atoms in total. The van der Waals surface area contributed by atoms with Crippen LogP contribution in [0.1, 0.15) is 0 Å². The fourth-order valence-corrected chi connectivity index (χ4v) is 11.7. The van der Waals surface area contributed by atoms with Crippen molar-refractivity contribution in [2.24, 2.45) is 0 Å². The number of fused-ring (bicyclic) bond motifs is 9. The molecule has 0 N–H and O–H groups in total. The van der Waals surface area contributed by atoms with E-state index in [1.165, 1.54) is 103 Å². The highest BCUT2D eigenvalue weighted by Gasteiger charge is 2.19. The summed E-state index contributed by atoms with van der Waals surface area (Å²) in [5.41, 5.74) is 16.6. The van der Waals surface area contributed by atoms with Crippen molar-refractivity contribution in [2.75, 3.05) is 0 Å². The third-order valence-corrected chi connectivity index (χ3v) is 14.8. The van der Waals surface area contributed by atoms with Crippen LogP contribution in [0.25, 0.3) is 120 Å². The van der Waals surface area contributed by atoms with Crippen LogP contribution in [0.2, 0.25) is 0 Å². The van der Waals surface area contributed by atoms with Gasteiger partial charge in [-0.15, -0.1) is 11.3 Å². The summed E-state index contributed by atoms with van der Waals surface area (Å²) in [7, 11) is 0. The van der Waals surface area contributed by atoms with E-state index in [4.69, 9.17) is 0 Å². The first kappa shape index (κ1) is 37.1. The minimum atomic E-state index is 1.07. The van der Waals surface area contributed by atoms with E-state index in [-0.39, 0.29) is 0 Å². The SMILES string of the molecule is Brc1ccccc1-c1cc(-c2ccc3c(c2)c2ccc(-c4ccccc4)cc2n3-c2ccccc2)cc(-c2ccc3c(c2)c2ccccc2n3-c2cccc3sc4ccccc4c23)c1. The monoisotopic (exact) mass is 896 g/mol. The van der Waals surface area contributed by atoms with Gasteiger partial charge in [-0.25, -0.2) is 0 Å². The molecule has 4 heteroatoms. The number of benzene rings is 10. The summed E-state index contributed by atoms with van der Waals surface area (Å²) in [6.45, 7) is 0. The zero-order chi connectivity index (χ0) is 42.3. The number of thiophene rings is 1. The van der Waals surface area contributed by atoms with Gasteiger partial charge in [0, 0.05) is 51.9 Å². The Morgan fingerprint density at radius 2 is 0.875 bits per heavy atom. The van der Waals surface area contributed by atoms with E-state index in [1.807, 2.05) is 11.3 Å². The van der Waals surface area contributed by atoms with Crippen LogP contribution in [-0.4, -0.2) is 9.13 Å². The smallest absolute Gasteiger partial charge is 0.0555 e. The summed E-state index contributed by atoms with van der Waals surface area (Å²) < 4.78 is 8.58. The molecule has 0 saturated heterocycles. The first-order valence-electron chi connectivity index (χ1n) is 21.7. The molecular formula is C60H37BrN2S. The Morgan fingerprint density at radius 1 is 0.312 bits per heavy atom.